The number of hydrogen-bond acceptors (Lipinski definition) is 3. The molecule has 0 saturated heterocycles. The van der Waals surface area contributed by atoms with Crippen LogP contribution in [-0.4, -0.2) is 5.21 Å². The van der Waals surface area contributed by atoms with Gasteiger partial charge in [-0.3, -0.25) is 0 Å². The summed E-state index contributed by atoms with van der Waals surface area (Å²) in [7, 11) is 0. The summed E-state index contributed by atoms with van der Waals surface area (Å²) in [6.07, 6.45) is 5.12. The Bertz CT molecular complexity index is 241. The van der Waals surface area contributed by atoms with Gasteiger partial charge in [0.05, 0.1) is 6.04 Å². The smallest absolute Gasteiger partial charge is 0.0690 e. The first-order chi connectivity index (χ1) is 6.42. The largest absolute Gasteiger partial charge is 0.316 e. The van der Waals surface area contributed by atoms with E-state index in [4.69, 9.17) is 5.21 Å². The summed E-state index contributed by atoms with van der Waals surface area (Å²) in [5, 5.41) is 11.2. The average Bonchev–Trinajstić information content (AvgIpc) is 2.76. The van der Waals surface area contributed by atoms with E-state index in [1.54, 1.807) is 11.3 Å². The van der Waals surface area contributed by atoms with Crippen molar-refractivity contribution in [3.63, 3.8) is 0 Å². The Morgan fingerprint density at radius 1 is 1.46 bits per heavy atom. The maximum atomic E-state index is 9.11. The van der Waals surface area contributed by atoms with E-state index in [-0.39, 0.29) is 6.04 Å². The van der Waals surface area contributed by atoms with Gasteiger partial charge in [0, 0.05) is 4.88 Å². The van der Waals surface area contributed by atoms with Crippen LogP contribution in [0.3, 0.4) is 0 Å². The van der Waals surface area contributed by atoms with Gasteiger partial charge in [-0.05, 0) is 30.2 Å². The summed E-state index contributed by atoms with van der Waals surface area (Å²) in [6.45, 7) is 0. The van der Waals surface area contributed by atoms with Crippen molar-refractivity contribution in [1.82, 2.24) is 5.48 Å². The molecule has 2 rings (SSSR count). The molecule has 1 fully saturated rings. The van der Waals surface area contributed by atoms with Crippen molar-refractivity contribution in [2.24, 2.45) is 5.92 Å². The quantitative estimate of drug-likeness (QED) is 0.730. The third-order valence-electron chi connectivity index (χ3n) is 2.86. The Labute approximate surface area is 82.6 Å². The Hall–Kier alpha value is -0.380. The SMILES string of the molecule is ONC(c1cccs1)C1CCCC1. The third-order valence-corrected chi connectivity index (χ3v) is 3.82. The first-order valence-corrected chi connectivity index (χ1v) is 5.73. The van der Waals surface area contributed by atoms with Gasteiger partial charge < -0.3 is 5.21 Å². The number of hydroxylamine groups is 1. The van der Waals surface area contributed by atoms with Gasteiger partial charge in [0.25, 0.3) is 0 Å². The highest BCUT2D eigenvalue weighted by molar-refractivity contribution is 7.10. The van der Waals surface area contributed by atoms with Crippen LogP contribution in [0.2, 0.25) is 0 Å². The highest BCUT2D eigenvalue weighted by atomic mass is 32.1. The molecule has 2 nitrogen and oxygen atoms in total. The highest BCUT2D eigenvalue weighted by Gasteiger charge is 2.26. The molecule has 1 aliphatic carbocycles. The molecule has 0 amide bonds. The molecule has 1 atom stereocenters. The van der Waals surface area contributed by atoms with Crippen molar-refractivity contribution in [3.05, 3.63) is 22.4 Å². The van der Waals surface area contributed by atoms with Crippen molar-refractivity contribution >= 4 is 11.3 Å². The van der Waals surface area contributed by atoms with Gasteiger partial charge in [0.15, 0.2) is 0 Å². The van der Waals surface area contributed by atoms with Crippen LogP contribution < -0.4 is 5.48 Å². The standard InChI is InChI=1S/C10H15NOS/c12-11-10(8-4-1-2-5-8)9-6-3-7-13-9/h3,6-8,10-12H,1-2,4-5H2. The second-order valence-corrected chi connectivity index (χ2v) is 4.65. The van der Waals surface area contributed by atoms with E-state index in [1.807, 2.05) is 6.07 Å². The maximum Gasteiger partial charge on any atom is 0.0690 e. The van der Waals surface area contributed by atoms with Gasteiger partial charge in [0.1, 0.15) is 0 Å². The van der Waals surface area contributed by atoms with Crippen LogP contribution in [0.5, 0.6) is 0 Å². The molecule has 2 N–H and O–H groups in total. The van der Waals surface area contributed by atoms with Gasteiger partial charge in [0.2, 0.25) is 0 Å². The summed E-state index contributed by atoms with van der Waals surface area (Å²) in [6, 6.07) is 4.30. The Balaban J connectivity index is 2.08. The molecule has 1 heterocycles. The van der Waals surface area contributed by atoms with Crippen LogP contribution >= 0.6 is 11.3 Å². The molecule has 0 bridgehead atoms. The van der Waals surface area contributed by atoms with Crippen LogP contribution in [0.4, 0.5) is 0 Å². The fraction of sp³-hybridized carbons (Fsp3) is 0.600. The highest BCUT2D eigenvalue weighted by Crippen LogP contribution is 2.36. The minimum Gasteiger partial charge on any atom is -0.316 e. The van der Waals surface area contributed by atoms with Crippen molar-refractivity contribution in [2.75, 3.05) is 0 Å². The van der Waals surface area contributed by atoms with E-state index in [0.29, 0.717) is 5.92 Å². The minimum atomic E-state index is 0.169. The monoisotopic (exact) mass is 197 g/mol. The summed E-state index contributed by atoms with van der Waals surface area (Å²) in [4.78, 5) is 1.26. The van der Waals surface area contributed by atoms with Crippen LogP contribution in [0.1, 0.15) is 36.6 Å². The predicted octanol–water partition coefficient (Wildman–Crippen LogP) is 2.96. The van der Waals surface area contributed by atoms with Crippen LogP contribution in [-0.2, 0) is 0 Å². The maximum absolute atomic E-state index is 9.11. The van der Waals surface area contributed by atoms with Gasteiger partial charge >= 0.3 is 0 Å². The molecular weight excluding hydrogens is 182 g/mol. The van der Waals surface area contributed by atoms with Crippen LogP contribution in [0, 0.1) is 5.92 Å². The van der Waals surface area contributed by atoms with Gasteiger partial charge in [-0.2, -0.15) is 5.48 Å². The van der Waals surface area contributed by atoms with Crippen molar-refractivity contribution < 1.29 is 5.21 Å². The van der Waals surface area contributed by atoms with Gasteiger partial charge in [-0.25, -0.2) is 0 Å². The van der Waals surface area contributed by atoms with E-state index in [1.165, 1.54) is 30.6 Å². The normalized spacial score (nSPS) is 20.7. The fourth-order valence-electron chi connectivity index (χ4n) is 2.16. The number of rotatable bonds is 3. The molecule has 1 aliphatic rings. The zero-order chi connectivity index (χ0) is 9.10. The minimum absolute atomic E-state index is 0.169. The van der Waals surface area contributed by atoms with Gasteiger partial charge in [-0.1, -0.05) is 18.9 Å². The third kappa shape index (κ3) is 1.93. The van der Waals surface area contributed by atoms with Crippen molar-refractivity contribution in [2.45, 2.75) is 31.7 Å². The van der Waals surface area contributed by atoms with Crippen LogP contribution in [0.15, 0.2) is 17.5 Å². The average molecular weight is 197 g/mol. The fourth-order valence-corrected chi connectivity index (χ4v) is 3.02. The number of hydrogen-bond donors (Lipinski definition) is 2. The predicted molar refractivity (Wildman–Crippen MR) is 53.9 cm³/mol. The zero-order valence-corrected chi connectivity index (χ0v) is 8.39. The second kappa shape index (κ2) is 4.22. The number of thiophene rings is 1. The lowest BCUT2D eigenvalue weighted by atomic mass is 9.98. The van der Waals surface area contributed by atoms with E-state index >= 15 is 0 Å². The molecule has 0 aromatic carbocycles. The molecule has 0 spiro atoms. The topological polar surface area (TPSA) is 32.3 Å². The molecule has 3 heteroatoms. The van der Waals surface area contributed by atoms with Gasteiger partial charge in [-0.15, -0.1) is 11.3 Å². The zero-order valence-electron chi connectivity index (χ0n) is 7.57. The molecule has 72 valence electrons. The lowest BCUT2D eigenvalue weighted by Gasteiger charge is -2.20. The lowest BCUT2D eigenvalue weighted by Crippen LogP contribution is -2.23. The molecule has 1 aromatic heterocycles. The second-order valence-electron chi connectivity index (χ2n) is 3.67. The summed E-state index contributed by atoms with van der Waals surface area (Å²) in [5.74, 6) is 0.628. The Morgan fingerprint density at radius 2 is 2.23 bits per heavy atom. The molecule has 1 saturated carbocycles. The molecule has 1 unspecified atom stereocenters. The molecule has 1 aromatic rings. The first-order valence-electron chi connectivity index (χ1n) is 4.85. The van der Waals surface area contributed by atoms with E-state index in [0.717, 1.165) is 0 Å². The van der Waals surface area contributed by atoms with Crippen LogP contribution in [0.25, 0.3) is 0 Å². The molecule has 0 radical (unpaired) electrons. The van der Waals surface area contributed by atoms with E-state index < -0.39 is 0 Å². The summed E-state index contributed by atoms with van der Waals surface area (Å²) >= 11 is 1.72. The van der Waals surface area contributed by atoms with Crippen molar-refractivity contribution in [1.29, 1.82) is 0 Å². The lowest BCUT2D eigenvalue weighted by molar-refractivity contribution is 0.0994. The first kappa shape index (κ1) is 9.19. The molecule has 0 aliphatic heterocycles. The Kier molecular flexibility index (Phi) is 2.98. The molecular formula is C10H15NOS. The van der Waals surface area contributed by atoms with E-state index in [2.05, 4.69) is 16.9 Å². The van der Waals surface area contributed by atoms with E-state index in [9.17, 15) is 0 Å². The number of nitrogens with one attached hydrogen (secondary N) is 1. The molecule has 13 heavy (non-hydrogen) atoms. The summed E-state index contributed by atoms with van der Waals surface area (Å²) in [5.41, 5.74) is 2.46. The summed E-state index contributed by atoms with van der Waals surface area (Å²) < 4.78 is 0. The van der Waals surface area contributed by atoms with Crippen molar-refractivity contribution in [3.8, 4) is 0 Å². The Morgan fingerprint density at radius 3 is 2.77 bits per heavy atom.